The number of benzene rings is 2. The van der Waals surface area contributed by atoms with Gasteiger partial charge >= 0.3 is 0 Å². The first-order valence-electron chi connectivity index (χ1n) is 9.53. The summed E-state index contributed by atoms with van der Waals surface area (Å²) in [5, 5.41) is 3.74. The van der Waals surface area contributed by atoms with E-state index in [0.717, 1.165) is 24.1 Å². The first-order valence-corrected chi connectivity index (χ1v) is 10.4. The van der Waals surface area contributed by atoms with Gasteiger partial charge in [-0.1, -0.05) is 54.9 Å². The normalized spacial score (nSPS) is 12.1. The van der Waals surface area contributed by atoms with E-state index in [-0.39, 0.29) is 16.7 Å². The van der Waals surface area contributed by atoms with Crippen LogP contribution in [-0.4, -0.2) is 20.7 Å². The van der Waals surface area contributed by atoms with Gasteiger partial charge in [0.05, 0.1) is 16.2 Å². The van der Waals surface area contributed by atoms with E-state index >= 15 is 0 Å². The Hall–Kier alpha value is -2.60. The van der Waals surface area contributed by atoms with Gasteiger partial charge in [0, 0.05) is 12.2 Å². The summed E-state index contributed by atoms with van der Waals surface area (Å²) in [6.07, 6.45) is 1.87. The molecule has 3 aromatic rings. The number of aromatic nitrogens is 2. The van der Waals surface area contributed by atoms with Crippen molar-refractivity contribution in [1.82, 2.24) is 9.55 Å². The van der Waals surface area contributed by atoms with Crippen LogP contribution in [0.1, 0.15) is 32.3 Å². The number of unbranched alkanes of at least 4 members (excludes halogenated alkanes) is 1. The summed E-state index contributed by atoms with van der Waals surface area (Å²) in [6, 6.07) is 15.0. The minimum absolute atomic E-state index is 0.0484. The molecule has 0 unspecified atom stereocenters. The smallest absolute Gasteiger partial charge is 0.262 e. The van der Waals surface area contributed by atoms with Gasteiger partial charge < -0.3 is 5.32 Å². The number of aryl methyl sites for hydroxylation is 1. The number of nitrogens with zero attached hydrogens (tertiary/aromatic N) is 2. The number of carbonyl (C=O) groups is 1. The van der Waals surface area contributed by atoms with E-state index in [4.69, 9.17) is 0 Å². The topological polar surface area (TPSA) is 64.0 Å². The largest absolute Gasteiger partial charge is 0.325 e. The summed E-state index contributed by atoms with van der Waals surface area (Å²) in [4.78, 5) is 30.2. The number of para-hydroxylation sites is 1. The molecule has 1 amide bonds. The standard InChI is InChI=1S/C22H25N3O2S/c1-4-5-14-25-21(27)18-8-6-7-9-19(18)24-22(25)28-16(3)20(26)23-17-12-10-15(2)11-13-17/h6-13,16H,4-5,14H2,1-3H3,(H,23,26)/t16-/m0/s1. The van der Waals surface area contributed by atoms with Gasteiger partial charge in [0.2, 0.25) is 5.91 Å². The lowest BCUT2D eigenvalue weighted by molar-refractivity contribution is -0.115. The molecule has 0 aliphatic carbocycles. The monoisotopic (exact) mass is 395 g/mol. The Bertz CT molecular complexity index is 1030. The van der Waals surface area contributed by atoms with Crippen molar-refractivity contribution < 1.29 is 4.79 Å². The molecule has 2 aromatic carbocycles. The zero-order valence-corrected chi connectivity index (χ0v) is 17.3. The van der Waals surface area contributed by atoms with Crippen molar-refractivity contribution in [3.63, 3.8) is 0 Å². The summed E-state index contributed by atoms with van der Waals surface area (Å²) < 4.78 is 1.70. The van der Waals surface area contributed by atoms with Crippen LogP contribution in [0.2, 0.25) is 0 Å². The lowest BCUT2D eigenvalue weighted by atomic mass is 10.2. The van der Waals surface area contributed by atoms with Crippen LogP contribution in [0.4, 0.5) is 5.69 Å². The van der Waals surface area contributed by atoms with Crippen LogP contribution in [0.25, 0.3) is 10.9 Å². The third-order valence-electron chi connectivity index (χ3n) is 4.53. The van der Waals surface area contributed by atoms with Gasteiger partial charge in [-0.25, -0.2) is 4.98 Å². The Labute approximate surface area is 169 Å². The minimum atomic E-state index is -0.387. The SMILES string of the molecule is CCCCn1c(S[C@@H](C)C(=O)Nc2ccc(C)cc2)nc2ccccc2c1=O. The molecule has 1 aromatic heterocycles. The zero-order chi connectivity index (χ0) is 20.1. The molecule has 0 radical (unpaired) electrons. The number of rotatable bonds is 7. The Morgan fingerprint density at radius 1 is 1.18 bits per heavy atom. The third-order valence-corrected chi connectivity index (χ3v) is 5.62. The molecule has 0 aliphatic heterocycles. The summed E-state index contributed by atoms with van der Waals surface area (Å²) in [5.74, 6) is -0.113. The van der Waals surface area contributed by atoms with E-state index in [2.05, 4.69) is 17.2 Å². The molecule has 0 spiro atoms. The highest BCUT2D eigenvalue weighted by Crippen LogP contribution is 2.24. The fourth-order valence-corrected chi connectivity index (χ4v) is 3.78. The maximum absolute atomic E-state index is 12.9. The fourth-order valence-electron chi connectivity index (χ4n) is 2.84. The van der Waals surface area contributed by atoms with E-state index in [9.17, 15) is 9.59 Å². The molecule has 0 fully saturated rings. The molecule has 0 aliphatic rings. The van der Waals surface area contributed by atoms with Crippen LogP contribution in [0.3, 0.4) is 0 Å². The molecule has 1 N–H and O–H groups in total. The van der Waals surface area contributed by atoms with Crippen LogP contribution in [-0.2, 0) is 11.3 Å². The van der Waals surface area contributed by atoms with Crippen LogP contribution in [0.5, 0.6) is 0 Å². The number of anilines is 1. The lowest BCUT2D eigenvalue weighted by Crippen LogP contribution is -2.27. The predicted octanol–water partition coefficient (Wildman–Crippen LogP) is 4.62. The molecular weight excluding hydrogens is 370 g/mol. The first-order chi connectivity index (χ1) is 13.5. The zero-order valence-electron chi connectivity index (χ0n) is 16.4. The Morgan fingerprint density at radius 3 is 2.61 bits per heavy atom. The van der Waals surface area contributed by atoms with Crippen molar-refractivity contribution in [2.75, 3.05) is 5.32 Å². The molecular formula is C22H25N3O2S. The number of nitrogens with one attached hydrogen (secondary N) is 1. The van der Waals surface area contributed by atoms with E-state index in [0.29, 0.717) is 22.6 Å². The van der Waals surface area contributed by atoms with Gasteiger partial charge in [-0.3, -0.25) is 14.2 Å². The van der Waals surface area contributed by atoms with Crippen LogP contribution in [0, 0.1) is 6.92 Å². The molecule has 1 atom stereocenters. The molecule has 1 heterocycles. The van der Waals surface area contributed by atoms with Gasteiger partial charge in [0.1, 0.15) is 0 Å². The van der Waals surface area contributed by atoms with E-state index in [1.54, 1.807) is 10.6 Å². The second kappa shape index (κ2) is 9.06. The van der Waals surface area contributed by atoms with Crippen molar-refractivity contribution >= 4 is 34.3 Å². The number of fused-ring (bicyclic) bond motifs is 1. The van der Waals surface area contributed by atoms with Gasteiger partial charge in [-0.2, -0.15) is 0 Å². The molecule has 0 bridgehead atoms. The Balaban J connectivity index is 1.86. The molecule has 3 rings (SSSR count). The van der Waals surface area contributed by atoms with Crippen LogP contribution >= 0.6 is 11.8 Å². The van der Waals surface area contributed by atoms with Crippen molar-refractivity contribution in [2.24, 2.45) is 0 Å². The maximum Gasteiger partial charge on any atom is 0.262 e. The van der Waals surface area contributed by atoms with E-state index in [1.165, 1.54) is 11.8 Å². The van der Waals surface area contributed by atoms with Crippen molar-refractivity contribution in [3.05, 3.63) is 64.4 Å². The minimum Gasteiger partial charge on any atom is -0.325 e. The third kappa shape index (κ3) is 4.62. The first kappa shape index (κ1) is 20.1. The van der Waals surface area contributed by atoms with Gasteiger partial charge in [0.25, 0.3) is 5.56 Å². The Kier molecular flexibility index (Phi) is 6.52. The molecule has 0 saturated carbocycles. The number of hydrogen-bond acceptors (Lipinski definition) is 4. The molecule has 5 nitrogen and oxygen atoms in total. The molecule has 0 saturated heterocycles. The number of hydrogen-bond donors (Lipinski definition) is 1. The predicted molar refractivity (Wildman–Crippen MR) is 116 cm³/mol. The average Bonchev–Trinajstić information content (AvgIpc) is 2.69. The fraction of sp³-hybridized carbons (Fsp3) is 0.318. The van der Waals surface area contributed by atoms with Crippen molar-refractivity contribution in [2.45, 2.75) is 50.6 Å². The van der Waals surface area contributed by atoms with E-state index in [1.807, 2.05) is 56.3 Å². The quantitative estimate of drug-likeness (QED) is 0.468. The second-order valence-corrected chi connectivity index (χ2v) is 8.15. The molecule has 6 heteroatoms. The van der Waals surface area contributed by atoms with E-state index < -0.39 is 0 Å². The van der Waals surface area contributed by atoms with Crippen LogP contribution < -0.4 is 10.9 Å². The maximum atomic E-state index is 12.9. The lowest BCUT2D eigenvalue weighted by Gasteiger charge is -2.16. The van der Waals surface area contributed by atoms with Gasteiger partial charge in [-0.15, -0.1) is 0 Å². The molecule has 146 valence electrons. The highest BCUT2D eigenvalue weighted by atomic mass is 32.2. The summed E-state index contributed by atoms with van der Waals surface area (Å²) in [6.45, 7) is 6.52. The number of carbonyl (C=O) groups excluding carboxylic acids is 1. The van der Waals surface area contributed by atoms with Crippen molar-refractivity contribution in [3.8, 4) is 0 Å². The Morgan fingerprint density at radius 2 is 1.89 bits per heavy atom. The summed E-state index contributed by atoms with van der Waals surface area (Å²) in [7, 11) is 0. The summed E-state index contributed by atoms with van der Waals surface area (Å²) >= 11 is 1.32. The second-order valence-electron chi connectivity index (χ2n) is 6.84. The highest BCUT2D eigenvalue weighted by Gasteiger charge is 2.19. The van der Waals surface area contributed by atoms with Crippen molar-refractivity contribution in [1.29, 1.82) is 0 Å². The number of amides is 1. The van der Waals surface area contributed by atoms with Gasteiger partial charge in [0.15, 0.2) is 5.16 Å². The highest BCUT2D eigenvalue weighted by molar-refractivity contribution is 8.00. The van der Waals surface area contributed by atoms with Crippen LogP contribution in [0.15, 0.2) is 58.5 Å². The summed E-state index contributed by atoms with van der Waals surface area (Å²) in [5.41, 5.74) is 2.51. The molecule has 28 heavy (non-hydrogen) atoms. The van der Waals surface area contributed by atoms with Gasteiger partial charge in [-0.05, 0) is 44.5 Å². The average molecular weight is 396 g/mol. The number of thioether (sulfide) groups is 1.